The maximum Gasteiger partial charge on any atom is 2.00 e. The number of benzene rings is 9. The van der Waals surface area contributed by atoms with Crippen molar-refractivity contribution in [1.29, 1.82) is 0 Å². The summed E-state index contributed by atoms with van der Waals surface area (Å²) in [7, 11) is -4.49. The van der Waals surface area contributed by atoms with Gasteiger partial charge in [-0.1, -0.05) is 249 Å². The smallest absolute Gasteiger partial charge is 0.509 e. The molecule has 5 nitrogen and oxygen atoms in total. The summed E-state index contributed by atoms with van der Waals surface area (Å²) in [6.07, 6.45) is 1.94. The van der Waals surface area contributed by atoms with Crippen molar-refractivity contribution in [3.05, 3.63) is 247 Å². The molecule has 12 rings (SSSR count). The fourth-order valence-electron chi connectivity index (χ4n) is 11.8. The van der Waals surface area contributed by atoms with Gasteiger partial charge in [0.15, 0.2) is 8.07 Å². The molecule has 0 amide bonds. The minimum Gasteiger partial charge on any atom is -0.509 e. The van der Waals surface area contributed by atoms with Crippen LogP contribution in [-0.4, -0.2) is 31.7 Å². The number of fused-ring (bicyclic) bond motifs is 4. The van der Waals surface area contributed by atoms with Crippen LogP contribution in [-0.2, 0) is 37.3 Å². The van der Waals surface area contributed by atoms with Gasteiger partial charge in [0.1, 0.15) is 11.5 Å². The molecule has 9 aromatic carbocycles. The van der Waals surface area contributed by atoms with E-state index >= 15 is 0 Å². The largest absolute Gasteiger partial charge is 2.00 e. The summed E-state index contributed by atoms with van der Waals surface area (Å²) >= 11 is 0. The molecule has 0 unspecified atom stereocenters. The third-order valence-corrected chi connectivity index (χ3v) is 23.2. The fraction of sp³-hybridized carbons (Fsp3) is 0.200. The zero-order valence-corrected chi connectivity index (χ0v) is 54.1. The molecule has 83 heavy (non-hydrogen) atoms. The van der Waals surface area contributed by atoms with Crippen LogP contribution in [0.15, 0.2) is 219 Å². The van der Waals surface area contributed by atoms with Crippen LogP contribution in [0.4, 0.5) is 22.7 Å². The molecule has 1 aliphatic rings. The van der Waals surface area contributed by atoms with Crippen LogP contribution in [0, 0.1) is 12.1 Å². The molecule has 0 saturated heterocycles. The second-order valence-electron chi connectivity index (χ2n) is 26.2. The Morgan fingerprint density at radius 2 is 1.06 bits per heavy atom. The summed E-state index contributed by atoms with van der Waals surface area (Å²) in [5, 5.41) is 8.90. The summed E-state index contributed by atoms with van der Waals surface area (Å²) < 4.78 is 13.6. The van der Waals surface area contributed by atoms with Crippen molar-refractivity contribution >= 4 is 92.6 Å². The molecule has 3 heterocycles. The molecule has 2 aromatic heterocycles. The second kappa shape index (κ2) is 21.8. The molecule has 0 N–H and O–H groups in total. The predicted octanol–water partition coefficient (Wildman–Crippen LogP) is 15.9. The van der Waals surface area contributed by atoms with E-state index in [1.807, 2.05) is 18.3 Å². The van der Waals surface area contributed by atoms with E-state index in [0.29, 0.717) is 11.5 Å². The average molecular weight is 1300 g/mol. The first-order valence-electron chi connectivity index (χ1n) is 28.8. The number of aromatic nitrogens is 2. The van der Waals surface area contributed by atoms with E-state index in [2.05, 4.69) is 314 Å². The third-order valence-electron chi connectivity index (χ3n) is 16.4. The quantitative estimate of drug-likeness (QED) is 0.0560. The Morgan fingerprint density at radius 3 is 1.66 bits per heavy atom. The van der Waals surface area contributed by atoms with E-state index in [0.717, 1.165) is 55.9 Å². The van der Waals surface area contributed by atoms with Crippen LogP contribution < -0.4 is 39.8 Å². The molecule has 11 aromatic rings. The zero-order valence-electron chi connectivity index (χ0n) is 49.8. The molecule has 0 spiro atoms. The number of nitrogens with zero attached hydrogens (tertiary/aromatic N) is 4. The van der Waals surface area contributed by atoms with Gasteiger partial charge in [-0.25, -0.2) is 4.98 Å². The standard InChI is InChI=1S/C75H72N4OSi2.Pt/c1-73(2,3)53-41-42-76-71(47-53)79-68-40-38-64(82(60-28-16-13-17-29-60,61-30-18-14-19-31-61)62-32-20-15-21-33-62)50-67(68)66-39-37-59(49-70(66)79)80-58-27-23-26-56(48-58)77-51-78(57-45-54(74(4,5)6)44-55(46-57)75(7,8)9)72-65(35-24-36-69(72)77)52-25-22-34-63(43-52)81(10,11)12;/h13-47,50H,1-12H3;/q;+2. The summed E-state index contributed by atoms with van der Waals surface area (Å²) in [6, 6.07) is 89.5. The van der Waals surface area contributed by atoms with Gasteiger partial charge in [0.05, 0.1) is 13.6 Å². The van der Waals surface area contributed by atoms with Crippen LogP contribution in [0.3, 0.4) is 0 Å². The maximum atomic E-state index is 6.94. The molecule has 0 bridgehead atoms. The number of rotatable bonds is 11. The summed E-state index contributed by atoms with van der Waals surface area (Å²) in [5.41, 5.74) is 11.8. The van der Waals surface area contributed by atoms with E-state index in [4.69, 9.17) is 9.72 Å². The molecule has 0 atom stereocenters. The first-order valence-corrected chi connectivity index (χ1v) is 34.3. The van der Waals surface area contributed by atoms with Crippen molar-refractivity contribution in [2.24, 2.45) is 0 Å². The first kappa shape index (κ1) is 57.1. The molecular formula is C75H72N4OPtSi2+2. The number of hydrogen-bond acceptors (Lipinski definition) is 2. The SMILES string of the molecule is CC(C)(C)c1cc([N+]2=C=[N+](c3[c-]c(Oc4[c-]c5c(cc4)c4cc([Si](c6ccccc6)(c6ccccc6)c6ccccc6)ccc4n5-c4cc(C(C)(C)C)ccn4)ccc3)c3cccc(-c4cccc([Si](C)(C)C)c4)c32)cc(C(C)(C)C)c1.[Pt+2]. The summed E-state index contributed by atoms with van der Waals surface area (Å²) in [6.45, 7) is 27.8. The Bertz CT molecular complexity index is 4190. The van der Waals surface area contributed by atoms with E-state index < -0.39 is 16.1 Å². The van der Waals surface area contributed by atoms with Crippen molar-refractivity contribution in [3.63, 3.8) is 0 Å². The van der Waals surface area contributed by atoms with E-state index in [9.17, 15) is 0 Å². The Hall–Kier alpha value is -7.77. The predicted molar refractivity (Wildman–Crippen MR) is 352 cm³/mol. The molecular weight excluding hydrogens is 1220 g/mol. The van der Waals surface area contributed by atoms with Crippen molar-refractivity contribution in [1.82, 2.24) is 18.7 Å². The van der Waals surface area contributed by atoms with Gasteiger partial charge in [-0.3, -0.25) is 0 Å². The minimum absolute atomic E-state index is 0. The third kappa shape index (κ3) is 10.7. The maximum absolute atomic E-state index is 6.94. The van der Waals surface area contributed by atoms with Crippen molar-refractivity contribution < 1.29 is 25.8 Å². The Morgan fingerprint density at radius 1 is 0.482 bits per heavy atom. The fourth-order valence-corrected chi connectivity index (χ4v) is 17.7. The van der Waals surface area contributed by atoms with Gasteiger partial charge in [-0.2, -0.15) is 12.1 Å². The van der Waals surface area contributed by atoms with E-state index in [1.54, 1.807) is 0 Å². The van der Waals surface area contributed by atoms with Gasteiger partial charge < -0.3 is 9.30 Å². The zero-order chi connectivity index (χ0) is 57.3. The van der Waals surface area contributed by atoms with Gasteiger partial charge in [0, 0.05) is 41.4 Å². The number of para-hydroxylation sites is 1. The summed E-state index contributed by atoms with van der Waals surface area (Å²) in [5.74, 6) is 1.98. The van der Waals surface area contributed by atoms with Crippen LogP contribution in [0.25, 0.3) is 38.8 Å². The van der Waals surface area contributed by atoms with E-state index in [-0.39, 0.29) is 37.3 Å². The van der Waals surface area contributed by atoms with Gasteiger partial charge in [0.25, 0.3) is 5.69 Å². The minimum atomic E-state index is -2.86. The van der Waals surface area contributed by atoms with Gasteiger partial charge in [-0.05, 0) is 93.5 Å². The van der Waals surface area contributed by atoms with Crippen LogP contribution in [0.2, 0.25) is 19.6 Å². The van der Waals surface area contributed by atoms with Gasteiger partial charge in [0.2, 0.25) is 5.69 Å². The molecule has 0 fully saturated rings. The van der Waals surface area contributed by atoms with Crippen molar-refractivity contribution in [2.45, 2.75) is 98.2 Å². The Kier molecular flexibility index (Phi) is 15.0. The number of ether oxygens (including phenoxy) is 1. The van der Waals surface area contributed by atoms with Crippen LogP contribution >= 0.6 is 0 Å². The monoisotopic (exact) mass is 1300 g/mol. The van der Waals surface area contributed by atoms with Crippen molar-refractivity contribution in [2.75, 3.05) is 0 Å². The number of pyridine rings is 1. The van der Waals surface area contributed by atoms with Crippen LogP contribution in [0.1, 0.15) is 79.0 Å². The molecule has 1 aliphatic heterocycles. The summed E-state index contributed by atoms with van der Waals surface area (Å²) in [4.78, 5) is 5.09. The number of hydrogen-bond donors (Lipinski definition) is 0. The van der Waals surface area contributed by atoms with Gasteiger partial charge >= 0.3 is 32.8 Å². The Balaban J connectivity index is 0.00000721. The first-order chi connectivity index (χ1) is 39.2. The second-order valence-corrected chi connectivity index (χ2v) is 35.1. The molecule has 0 saturated carbocycles. The van der Waals surface area contributed by atoms with Crippen LogP contribution in [0.5, 0.6) is 11.5 Å². The topological polar surface area (TPSA) is 33.1 Å². The molecule has 8 heteroatoms. The Labute approximate surface area is 507 Å². The molecule has 414 valence electrons. The molecule has 0 radical (unpaired) electrons. The van der Waals surface area contributed by atoms with E-state index in [1.165, 1.54) is 48.2 Å². The van der Waals surface area contributed by atoms with Gasteiger partial charge in [-0.15, -0.1) is 23.6 Å². The molecule has 0 aliphatic carbocycles. The average Bonchev–Trinajstić information content (AvgIpc) is 2.22. The normalized spacial score (nSPS) is 12.9. The van der Waals surface area contributed by atoms with Crippen molar-refractivity contribution in [3.8, 4) is 28.4 Å².